The number of carbonyl (C=O) groups excluding carboxylic acids is 1. The van der Waals surface area contributed by atoms with Crippen LogP contribution in [-0.4, -0.2) is 40.7 Å². The third-order valence-electron chi connectivity index (χ3n) is 5.88. The minimum Gasteiger partial charge on any atom is -0.411 e. The van der Waals surface area contributed by atoms with Crippen molar-refractivity contribution >= 4 is 23.5 Å². The molecule has 0 aliphatic carbocycles. The van der Waals surface area contributed by atoms with Crippen LogP contribution in [-0.2, 0) is 17.8 Å². The average Bonchev–Trinajstić information content (AvgIpc) is 3.19. The minimum atomic E-state index is -0.239. The highest BCUT2D eigenvalue weighted by atomic mass is 35.5. The highest BCUT2D eigenvalue weighted by Gasteiger charge is 2.33. The molecule has 2 aromatic rings. The normalized spacial score (nSPS) is 18.7. The van der Waals surface area contributed by atoms with Crippen LogP contribution >= 0.6 is 11.6 Å². The number of carbonyl (C=O) groups is 1. The number of rotatable bonds is 3. The van der Waals surface area contributed by atoms with Gasteiger partial charge in [0.15, 0.2) is 0 Å². The molecular weight excluding hydrogens is 392 g/mol. The molecule has 4 rings (SSSR count). The SMILES string of the molecule is COn1c(N2CCCC2c2ccc(Cl)c(C)c2)nc2c(c1=O)CN(C(C)=O)CC2. The minimum absolute atomic E-state index is 0.0409. The molecule has 1 fully saturated rings. The van der Waals surface area contributed by atoms with Gasteiger partial charge in [-0.2, -0.15) is 0 Å². The van der Waals surface area contributed by atoms with Crippen LogP contribution in [0.15, 0.2) is 23.0 Å². The Morgan fingerprint density at radius 2 is 2.10 bits per heavy atom. The second kappa shape index (κ2) is 7.71. The number of benzene rings is 1. The number of hydrogen-bond acceptors (Lipinski definition) is 5. The smallest absolute Gasteiger partial charge is 0.293 e. The fourth-order valence-corrected chi connectivity index (χ4v) is 4.41. The summed E-state index contributed by atoms with van der Waals surface area (Å²) < 4.78 is 1.27. The molecule has 3 heterocycles. The van der Waals surface area contributed by atoms with Gasteiger partial charge in [-0.25, -0.2) is 4.98 Å². The Hall–Kier alpha value is -2.54. The molecule has 2 aliphatic heterocycles. The first kappa shape index (κ1) is 19.8. The highest BCUT2D eigenvalue weighted by Crippen LogP contribution is 2.36. The Labute approximate surface area is 174 Å². The summed E-state index contributed by atoms with van der Waals surface area (Å²) in [6.45, 7) is 5.16. The van der Waals surface area contributed by atoms with Gasteiger partial charge in [-0.05, 0) is 37.0 Å². The van der Waals surface area contributed by atoms with E-state index in [1.165, 1.54) is 18.8 Å². The van der Waals surface area contributed by atoms with Crippen molar-refractivity contribution in [1.82, 2.24) is 14.6 Å². The zero-order valence-electron chi connectivity index (χ0n) is 16.9. The molecule has 1 atom stereocenters. The van der Waals surface area contributed by atoms with Crippen LogP contribution in [0.4, 0.5) is 5.95 Å². The summed E-state index contributed by atoms with van der Waals surface area (Å²) in [5, 5.41) is 0.744. The van der Waals surface area contributed by atoms with E-state index in [1.54, 1.807) is 4.90 Å². The second-order valence-corrected chi connectivity index (χ2v) is 8.08. The summed E-state index contributed by atoms with van der Waals surface area (Å²) in [6, 6.07) is 6.16. The maximum absolute atomic E-state index is 13.1. The maximum Gasteiger partial charge on any atom is 0.293 e. The molecular formula is C21H25ClN4O3. The first-order chi connectivity index (χ1) is 13.9. The quantitative estimate of drug-likeness (QED) is 0.769. The topological polar surface area (TPSA) is 67.7 Å². The number of hydrogen-bond donors (Lipinski definition) is 0. The predicted octanol–water partition coefficient (Wildman–Crippen LogP) is 2.51. The van der Waals surface area contributed by atoms with Crippen LogP contribution in [0, 0.1) is 6.92 Å². The number of halogens is 1. The molecule has 0 bridgehead atoms. The molecule has 154 valence electrons. The van der Waals surface area contributed by atoms with Gasteiger partial charge in [0.05, 0.1) is 23.8 Å². The number of anilines is 1. The van der Waals surface area contributed by atoms with Crippen molar-refractivity contribution in [3.05, 3.63) is 56.0 Å². The lowest BCUT2D eigenvalue weighted by atomic mass is 10.0. The van der Waals surface area contributed by atoms with Crippen LogP contribution in [0.2, 0.25) is 5.02 Å². The predicted molar refractivity (Wildman–Crippen MR) is 111 cm³/mol. The fraction of sp³-hybridized carbons (Fsp3) is 0.476. The lowest BCUT2D eigenvalue weighted by Gasteiger charge is -2.31. The highest BCUT2D eigenvalue weighted by molar-refractivity contribution is 6.31. The van der Waals surface area contributed by atoms with Gasteiger partial charge >= 0.3 is 0 Å². The van der Waals surface area contributed by atoms with E-state index in [-0.39, 0.29) is 24.1 Å². The van der Waals surface area contributed by atoms with Gasteiger partial charge in [-0.1, -0.05) is 23.7 Å². The molecule has 0 saturated carbocycles. The van der Waals surface area contributed by atoms with Crippen LogP contribution < -0.4 is 15.3 Å². The van der Waals surface area contributed by atoms with Gasteiger partial charge in [0.1, 0.15) is 7.11 Å². The van der Waals surface area contributed by atoms with E-state index in [1.807, 2.05) is 19.1 Å². The lowest BCUT2D eigenvalue weighted by Crippen LogP contribution is -2.43. The summed E-state index contributed by atoms with van der Waals surface area (Å²) in [4.78, 5) is 39.0. The molecule has 2 aliphatic rings. The lowest BCUT2D eigenvalue weighted by molar-refractivity contribution is -0.129. The van der Waals surface area contributed by atoms with Gasteiger partial charge in [0.2, 0.25) is 11.9 Å². The summed E-state index contributed by atoms with van der Waals surface area (Å²) >= 11 is 6.20. The van der Waals surface area contributed by atoms with Gasteiger partial charge in [0, 0.05) is 31.5 Å². The molecule has 1 amide bonds. The van der Waals surface area contributed by atoms with Crippen molar-refractivity contribution in [2.75, 3.05) is 25.1 Å². The summed E-state index contributed by atoms with van der Waals surface area (Å²) in [5.41, 5.74) is 3.24. The number of aromatic nitrogens is 2. The number of aryl methyl sites for hydroxylation is 1. The zero-order valence-corrected chi connectivity index (χ0v) is 17.7. The van der Waals surface area contributed by atoms with Crippen molar-refractivity contribution in [2.24, 2.45) is 0 Å². The van der Waals surface area contributed by atoms with Crippen molar-refractivity contribution in [3.8, 4) is 0 Å². The second-order valence-electron chi connectivity index (χ2n) is 7.67. The van der Waals surface area contributed by atoms with Crippen LogP contribution in [0.3, 0.4) is 0 Å². The van der Waals surface area contributed by atoms with Crippen molar-refractivity contribution in [3.63, 3.8) is 0 Å². The Balaban J connectivity index is 1.76. The number of fused-ring (bicyclic) bond motifs is 1. The van der Waals surface area contributed by atoms with E-state index in [4.69, 9.17) is 21.4 Å². The van der Waals surface area contributed by atoms with Crippen LogP contribution in [0.1, 0.15) is 48.2 Å². The Bertz CT molecular complexity index is 1020. The monoisotopic (exact) mass is 416 g/mol. The average molecular weight is 417 g/mol. The molecule has 8 heteroatoms. The Morgan fingerprint density at radius 3 is 2.79 bits per heavy atom. The third kappa shape index (κ3) is 3.48. The van der Waals surface area contributed by atoms with E-state index < -0.39 is 0 Å². The summed E-state index contributed by atoms with van der Waals surface area (Å²) in [5.74, 6) is 0.489. The van der Waals surface area contributed by atoms with Crippen molar-refractivity contribution < 1.29 is 9.63 Å². The molecule has 0 spiro atoms. The van der Waals surface area contributed by atoms with Crippen molar-refractivity contribution in [1.29, 1.82) is 0 Å². The summed E-state index contributed by atoms with van der Waals surface area (Å²) in [6.07, 6.45) is 2.54. The van der Waals surface area contributed by atoms with Gasteiger partial charge in [0.25, 0.3) is 5.56 Å². The first-order valence-electron chi connectivity index (χ1n) is 9.88. The molecule has 0 N–H and O–H groups in total. The molecule has 1 saturated heterocycles. The maximum atomic E-state index is 13.1. The van der Waals surface area contributed by atoms with E-state index >= 15 is 0 Å². The third-order valence-corrected chi connectivity index (χ3v) is 6.30. The van der Waals surface area contributed by atoms with Crippen LogP contribution in [0.5, 0.6) is 0 Å². The van der Waals surface area contributed by atoms with Gasteiger partial charge in [-0.15, -0.1) is 4.73 Å². The van der Waals surface area contributed by atoms with Gasteiger partial charge in [-0.3, -0.25) is 9.59 Å². The van der Waals surface area contributed by atoms with E-state index in [2.05, 4.69) is 11.0 Å². The van der Waals surface area contributed by atoms with Gasteiger partial charge < -0.3 is 14.6 Å². The Morgan fingerprint density at radius 1 is 1.31 bits per heavy atom. The molecule has 1 unspecified atom stereocenters. The molecule has 1 aromatic heterocycles. The molecule has 29 heavy (non-hydrogen) atoms. The largest absolute Gasteiger partial charge is 0.411 e. The van der Waals surface area contributed by atoms with E-state index in [0.717, 1.165) is 41.2 Å². The summed E-state index contributed by atoms with van der Waals surface area (Å²) in [7, 11) is 1.47. The standard InChI is InChI=1S/C21H25ClN4O3/c1-13-11-15(6-7-17(13)22)19-5-4-9-25(19)21-23-18-8-10-24(14(2)27)12-16(18)20(28)26(21)29-3/h6-7,11,19H,4-5,8-10,12H2,1-3H3. The first-order valence-corrected chi connectivity index (χ1v) is 10.3. The molecule has 0 radical (unpaired) electrons. The Kier molecular flexibility index (Phi) is 5.25. The fourth-order valence-electron chi connectivity index (χ4n) is 4.29. The van der Waals surface area contributed by atoms with E-state index in [9.17, 15) is 9.59 Å². The zero-order chi connectivity index (χ0) is 20.7. The van der Waals surface area contributed by atoms with Crippen LogP contribution in [0.25, 0.3) is 0 Å². The van der Waals surface area contributed by atoms with E-state index in [0.29, 0.717) is 24.5 Å². The van der Waals surface area contributed by atoms with Crippen molar-refractivity contribution in [2.45, 2.75) is 45.7 Å². The number of amides is 1. The number of nitrogens with zero attached hydrogens (tertiary/aromatic N) is 4. The molecule has 7 nitrogen and oxygen atoms in total. The molecule has 1 aromatic carbocycles.